The van der Waals surface area contributed by atoms with Crippen LogP contribution < -0.4 is 5.56 Å². The largest absolute Gasteiger partial charge is 0.459 e. The van der Waals surface area contributed by atoms with Crippen molar-refractivity contribution in [3.63, 3.8) is 0 Å². The highest BCUT2D eigenvalue weighted by Gasteiger charge is 2.33. The molecule has 0 N–H and O–H groups in total. The Morgan fingerprint density at radius 1 is 1.08 bits per heavy atom. The molecular formula is C18H13F3N2O3. The van der Waals surface area contributed by atoms with Crippen LogP contribution in [0.15, 0.2) is 59.7 Å². The average molecular weight is 362 g/mol. The topological polar surface area (TPSA) is 61.2 Å². The van der Waals surface area contributed by atoms with Crippen molar-refractivity contribution < 1.29 is 22.7 Å². The Kier molecular flexibility index (Phi) is 4.75. The molecule has 0 saturated carbocycles. The predicted molar refractivity (Wildman–Crippen MR) is 87.2 cm³/mol. The second-order valence-electron chi connectivity index (χ2n) is 5.51. The Labute approximate surface area is 145 Å². The molecule has 134 valence electrons. The van der Waals surface area contributed by atoms with Gasteiger partial charge < -0.3 is 4.74 Å². The quantitative estimate of drug-likeness (QED) is 0.669. The van der Waals surface area contributed by atoms with Crippen molar-refractivity contribution in [3.05, 3.63) is 76.3 Å². The van der Waals surface area contributed by atoms with E-state index in [1.807, 2.05) is 0 Å². The van der Waals surface area contributed by atoms with Crippen LogP contribution in [0.1, 0.15) is 11.1 Å². The molecule has 0 bridgehead atoms. The number of ether oxygens (including phenoxy) is 1. The van der Waals surface area contributed by atoms with Crippen LogP contribution in [-0.4, -0.2) is 15.5 Å². The van der Waals surface area contributed by atoms with Gasteiger partial charge in [-0.2, -0.15) is 13.2 Å². The lowest BCUT2D eigenvalue weighted by molar-refractivity contribution is -0.148. The summed E-state index contributed by atoms with van der Waals surface area (Å²) < 4.78 is 44.7. The number of benzene rings is 2. The van der Waals surface area contributed by atoms with E-state index in [2.05, 4.69) is 4.98 Å². The van der Waals surface area contributed by atoms with Gasteiger partial charge in [-0.15, -0.1) is 0 Å². The fraction of sp³-hybridized carbons (Fsp3) is 0.167. The molecule has 0 amide bonds. The number of aromatic nitrogens is 2. The first kappa shape index (κ1) is 17.7. The monoisotopic (exact) mass is 362 g/mol. The Morgan fingerprint density at radius 2 is 1.77 bits per heavy atom. The summed E-state index contributed by atoms with van der Waals surface area (Å²) in [6.07, 6.45) is -3.34. The van der Waals surface area contributed by atoms with E-state index in [-0.39, 0.29) is 5.56 Å². The zero-order chi connectivity index (χ0) is 18.7. The van der Waals surface area contributed by atoms with E-state index in [0.29, 0.717) is 10.9 Å². The molecule has 1 heterocycles. The van der Waals surface area contributed by atoms with Crippen LogP contribution in [0, 0.1) is 0 Å². The number of carbonyl (C=O) groups is 1. The van der Waals surface area contributed by atoms with E-state index in [4.69, 9.17) is 4.74 Å². The first-order valence-electron chi connectivity index (χ1n) is 7.61. The smallest absolute Gasteiger partial charge is 0.416 e. The van der Waals surface area contributed by atoms with Gasteiger partial charge in [0, 0.05) is 5.56 Å². The normalized spacial score (nSPS) is 11.5. The summed E-state index contributed by atoms with van der Waals surface area (Å²) in [6.45, 7) is -0.977. The first-order chi connectivity index (χ1) is 12.4. The van der Waals surface area contributed by atoms with Crippen molar-refractivity contribution in [1.82, 2.24) is 9.55 Å². The van der Waals surface area contributed by atoms with E-state index in [0.717, 1.165) is 10.6 Å². The highest BCUT2D eigenvalue weighted by molar-refractivity contribution is 5.77. The summed E-state index contributed by atoms with van der Waals surface area (Å²) >= 11 is 0. The molecule has 3 aromatic rings. The van der Waals surface area contributed by atoms with E-state index in [9.17, 15) is 22.8 Å². The van der Waals surface area contributed by atoms with E-state index < -0.39 is 36.4 Å². The van der Waals surface area contributed by atoms with E-state index in [1.165, 1.54) is 24.5 Å². The summed E-state index contributed by atoms with van der Waals surface area (Å²) in [5, 5.41) is 0.338. The third kappa shape index (κ3) is 3.74. The number of hydrogen-bond acceptors (Lipinski definition) is 4. The van der Waals surface area contributed by atoms with Crippen molar-refractivity contribution in [2.75, 3.05) is 0 Å². The minimum absolute atomic E-state index is 0.155. The minimum atomic E-state index is -4.54. The maximum Gasteiger partial charge on any atom is 0.416 e. The second-order valence-corrected chi connectivity index (χ2v) is 5.51. The van der Waals surface area contributed by atoms with Gasteiger partial charge in [-0.3, -0.25) is 14.2 Å². The Bertz CT molecular complexity index is 1010. The van der Waals surface area contributed by atoms with Gasteiger partial charge in [0.2, 0.25) is 0 Å². The zero-order valence-electron chi connectivity index (χ0n) is 13.4. The van der Waals surface area contributed by atoms with Gasteiger partial charge in [-0.25, -0.2) is 4.98 Å². The molecule has 26 heavy (non-hydrogen) atoms. The molecule has 8 heteroatoms. The second kappa shape index (κ2) is 6.99. The molecule has 0 aliphatic carbocycles. The first-order valence-corrected chi connectivity index (χ1v) is 7.61. The predicted octanol–water partition coefficient (Wildman–Crippen LogP) is 3.16. The summed E-state index contributed by atoms with van der Waals surface area (Å²) in [4.78, 5) is 28.3. The van der Waals surface area contributed by atoms with E-state index >= 15 is 0 Å². The van der Waals surface area contributed by atoms with Crippen molar-refractivity contribution in [2.45, 2.75) is 19.3 Å². The third-order valence-corrected chi connectivity index (χ3v) is 3.74. The number of halogens is 3. The lowest BCUT2D eigenvalue weighted by atomic mass is 10.1. The molecule has 0 spiro atoms. The molecule has 0 aliphatic heterocycles. The van der Waals surface area contributed by atoms with Gasteiger partial charge in [-0.1, -0.05) is 30.3 Å². The van der Waals surface area contributed by atoms with Gasteiger partial charge in [0.1, 0.15) is 13.2 Å². The number of nitrogens with zero attached hydrogens (tertiary/aromatic N) is 2. The average Bonchev–Trinajstić information content (AvgIpc) is 2.62. The van der Waals surface area contributed by atoms with Gasteiger partial charge >= 0.3 is 12.1 Å². The number of carbonyl (C=O) groups excluding carboxylic acids is 1. The fourth-order valence-electron chi connectivity index (χ4n) is 2.48. The minimum Gasteiger partial charge on any atom is -0.459 e. The van der Waals surface area contributed by atoms with Crippen LogP contribution in [0.3, 0.4) is 0 Å². The van der Waals surface area contributed by atoms with Gasteiger partial charge in [0.15, 0.2) is 0 Å². The van der Waals surface area contributed by atoms with Crippen LogP contribution in [0.5, 0.6) is 0 Å². The van der Waals surface area contributed by atoms with Gasteiger partial charge in [-0.05, 0) is 18.2 Å². The van der Waals surface area contributed by atoms with Crippen LogP contribution in [0.25, 0.3) is 10.9 Å². The molecule has 2 aromatic carbocycles. The highest BCUT2D eigenvalue weighted by Crippen LogP contribution is 2.32. The number of fused-ring (bicyclic) bond motifs is 1. The Balaban J connectivity index is 1.73. The summed E-state index contributed by atoms with van der Waals surface area (Å²) in [6, 6.07) is 11.5. The molecular weight excluding hydrogens is 349 g/mol. The van der Waals surface area contributed by atoms with Crippen LogP contribution in [-0.2, 0) is 28.9 Å². The molecule has 0 saturated heterocycles. The number of esters is 1. The molecule has 5 nitrogen and oxygen atoms in total. The van der Waals surface area contributed by atoms with Gasteiger partial charge in [0.25, 0.3) is 5.56 Å². The molecule has 0 aliphatic rings. The Hall–Kier alpha value is -3.16. The molecule has 0 fully saturated rings. The fourth-order valence-corrected chi connectivity index (χ4v) is 2.48. The number of hydrogen-bond donors (Lipinski definition) is 0. The van der Waals surface area contributed by atoms with Crippen LogP contribution >= 0.6 is 0 Å². The summed E-state index contributed by atoms with van der Waals surface area (Å²) in [5.41, 5.74) is -0.959. The molecule has 1 aromatic heterocycles. The molecule has 0 unspecified atom stereocenters. The van der Waals surface area contributed by atoms with Crippen LogP contribution in [0.2, 0.25) is 0 Å². The van der Waals surface area contributed by atoms with Crippen molar-refractivity contribution in [3.8, 4) is 0 Å². The molecule has 3 rings (SSSR count). The highest BCUT2D eigenvalue weighted by atomic mass is 19.4. The standard InChI is InChI=1S/C18H13F3N2O3/c19-18(20,21)14-7-3-1-5-12(14)10-26-16(24)9-23-11-22-15-8-4-2-6-13(15)17(23)25/h1-8,11H,9-10H2. The third-order valence-electron chi connectivity index (χ3n) is 3.74. The van der Waals surface area contributed by atoms with E-state index in [1.54, 1.807) is 24.3 Å². The maximum absolute atomic E-state index is 12.9. The van der Waals surface area contributed by atoms with Crippen molar-refractivity contribution >= 4 is 16.9 Å². The van der Waals surface area contributed by atoms with Crippen LogP contribution in [0.4, 0.5) is 13.2 Å². The lowest BCUT2D eigenvalue weighted by Gasteiger charge is -2.13. The van der Waals surface area contributed by atoms with Crippen molar-refractivity contribution in [2.24, 2.45) is 0 Å². The van der Waals surface area contributed by atoms with Crippen molar-refractivity contribution in [1.29, 1.82) is 0 Å². The lowest BCUT2D eigenvalue weighted by Crippen LogP contribution is -2.25. The van der Waals surface area contributed by atoms with Gasteiger partial charge in [0.05, 0.1) is 22.8 Å². The molecule has 0 atom stereocenters. The number of alkyl halides is 3. The summed E-state index contributed by atoms with van der Waals surface area (Å²) in [5.74, 6) is -0.832. The zero-order valence-corrected chi connectivity index (χ0v) is 13.4. The summed E-state index contributed by atoms with van der Waals surface area (Å²) in [7, 11) is 0. The molecule has 0 radical (unpaired) electrons. The Morgan fingerprint density at radius 3 is 2.54 bits per heavy atom. The maximum atomic E-state index is 12.9. The number of rotatable bonds is 4. The SMILES string of the molecule is O=C(Cn1cnc2ccccc2c1=O)OCc1ccccc1C(F)(F)F. The number of para-hydroxylation sites is 1.